The van der Waals surface area contributed by atoms with Gasteiger partial charge in [0.1, 0.15) is 0 Å². The third kappa shape index (κ3) is 1.82. The molecule has 0 heterocycles. The predicted molar refractivity (Wildman–Crippen MR) is 59.1 cm³/mol. The largest absolute Gasteiger partial charge is 0.0833 e. The molecule has 0 aromatic carbocycles. The Bertz CT molecular complexity index is 209. The maximum absolute atomic E-state index is 2.55. The summed E-state index contributed by atoms with van der Waals surface area (Å²) in [5.41, 5.74) is 0.944. The molecule has 1 heteroatoms. The van der Waals surface area contributed by atoms with E-state index >= 15 is 0 Å². The van der Waals surface area contributed by atoms with Crippen molar-refractivity contribution >= 4 is 8.80 Å². The van der Waals surface area contributed by atoms with E-state index in [9.17, 15) is 0 Å². The van der Waals surface area contributed by atoms with Crippen LogP contribution in [0.1, 0.15) is 34.1 Å². The number of rotatable bonds is 1. The lowest BCUT2D eigenvalue weighted by atomic mass is 9.83. The van der Waals surface area contributed by atoms with Gasteiger partial charge in [-0.05, 0) is 17.3 Å². The third-order valence-electron chi connectivity index (χ3n) is 2.85. The first-order valence-corrected chi connectivity index (χ1v) is 7.86. The SMILES string of the molecule is C[SiH](C)C1=CC(C)(C)CC1(C)C. The fraction of sp³-hybridized carbons (Fsp3) is 0.818. The smallest absolute Gasteiger partial charge is 0.0598 e. The molecule has 0 atom stereocenters. The van der Waals surface area contributed by atoms with Gasteiger partial charge in [-0.3, -0.25) is 0 Å². The third-order valence-corrected chi connectivity index (χ3v) is 5.04. The highest BCUT2D eigenvalue weighted by atomic mass is 28.3. The molecule has 0 unspecified atom stereocenters. The minimum Gasteiger partial charge on any atom is -0.0833 e. The van der Waals surface area contributed by atoms with Gasteiger partial charge < -0.3 is 0 Å². The lowest BCUT2D eigenvalue weighted by molar-refractivity contribution is 0.330. The maximum Gasteiger partial charge on any atom is 0.0598 e. The summed E-state index contributed by atoms with van der Waals surface area (Å²) in [6.07, 6.45) is 3.88. The van der Waals surface area contributed by atoms with Crippen molar-refractivity contribution in [3.63, 3.8) is 0 Å². The summed E-state index contributed by atoms with van der Waals surface area (Å²) in [7, 11) is -0.569. The van der Waals surface area contributed by atoms with Crippen molar-refractivity contribution < 1.29 is 0 Å². The Labute approximate surface area is 78.7 Å². The van der Waals surface area contributed by atoms with Gasteiger partial charge in [0.05, 0.1) is 8.80 Å². The first-order chi connectivity index (χ1) is 5.25. The van der Waals surface area contributed by atoms with E-state index < -0.39 is 8.80 Å². The summed E-state index contributed by atoms with van der Waals surface area (Å²) in [4.78, 5) is 0. The first-order valence-electron chi connectivity index (χ1n) is 4.98. The van der Waals surface area contributed by atoms with Crippen LogP contribution in [0.15, 0.2) is 11.3 Å². The fourth-order valence-electron chi connectivity index (χ4n) is 2.86. The van der Waals surface area contributed by atoms with Crippen LogP contribution in [-0.2, 0) is 0 Å². The zero-order valence-corrected chi connectivity index (χ0v) is 10.5. The molecular formula is C11H22Si. The molecule has 0 aliphatic heterocycles. The molecule has 1 rings (SSSR count). The maximum atomic E-state index is 2.55. The summed E-state index contributed by atoms with van der Waals surface area (Å²) in [5.74, 6) is 0. The van der Waals surface area contributed by atoms with Crippen LogP contribution in [0.5, 0.6) is 0 Å². The standard InChI is InChI=1S/C11H22Si/c1-10(2)7-9(12(5)6)11(3,4)8-10/h7,12H,8H2,1-6H3. The highest BCUT2D eigenvalue weighted by Crippen LogP contribution is 2.48. The Morgan fingerprint density at radius 3 is 1.83 bits per heavy atom. The van der Waals surface area contributed by atoms with Crippen LogP contribution in [0, 0.1) is 10.8 Å². The predicted octanol–water partition coefficient (Wildman–Crippen LogP) is 3.39. The highest BCUT2D eigenvalue weighted by Gasteiger charge is 2.38. The van der Waals surface area contributed by atoms with E-state index in [0.29, 0.717) is 10.8 Å². The van der Waals surface area contributed by atoms with Gasteiger partial charge in [-0.25, -0.2) is 0 Å². The average molecular weight is 182 g/mol. The number of hydrogen-bond donors (Lipinski definition) is 0. The molecule has 0 fully saturated rings. The van der Waals surface area contributed by atoms with Crippen molar-refractivity contribution in [3.8, 4) is 0 Å². The summed E-state index contributed by atoms with van der Waals surface area (Å²) >= 11 is 0. The fourth-order valence-corrected chi connectivity index (χ4v) is 5.31. The molecule has 0 bridgehead atoms. The molecule has 0 spiro atoms. The van der Waals surface area contributed by atoms with Crippen LogP contribution in [0.25, 0.3) is 0 Å². The number of allylic oxidation sites excluding steroid dienone is 2. The van der Waals surface area contributed by atoms with E-state index in [4.69, 9.17) is 0 Å². The molecule has 0 nitrogen and oxygen atoms in total. The van der Waals surface area contributed by atoms with Crippen molar-refractivity contribution in [1.29, 1.82) is 0 Å². The molecule has 1 aliphatic rings. The second kappa shape index (κ2) is 2.73. The van der Waals surface area contributed by atoms with Crippen LogP contribution in [0.2, 0.25) is 13.1 Å². The van der Waals surface area contributed by atoms with E-state index in [1.165, 1.54) is 6.42 Å². The van der Waals surface area contributed by atoms with Gasteiger partial charge in [0.25, 0.3) is 0 Å². The Balaban J connectivity index is 2.96. The van der Waals surface area contributed by atoms with Gasteiger partial charge >= 0.3 is 0 Å². The van der Waals surface area contributed by atoms with E-state index in [-0.39, 0.29) is 0 Å². The average Bonchev–Trinajstić information content (AvgIpc) is 1.99. The van der Waals surface area contributed by atoms with Crippen LogP contribution in [0.4, 0.5) is 0 Å². The van der Waals surface area contributed by atoms with Crippen LogP contribution < -0.4 is 0 Å². The summed E-state index contributed by atoms with van der Waals surface area (Å²) in [6.45, 7) is 14.4. The molecule has 0 N–H and O–H groups in total. The van der Waals surface area contributed by atoms with Crippen molar-refractivity contribution in [2.24, 2.45) is 10.8 Å². The molecule has 0 saturated carbocycles. The van der Waals surface area contributed by atoms with Crippen LogP contribution in [-0.4, -0.2) is 8.80 Å². The van der Waals surface area contributed by atoms with Crippen LogP contribution >= 0.6 is 0 Å². The topological polar surface area (TPSA) is 0 Å². The molecule has 12 heavy (non-hydrogen) atoms. The van der Waals surface area contributed by atoms with Crippen molar-refractivity contribution in [2.45, 2.75) is 47.2 Å². The Morgan fingerprint density at radius 1 is 1.17 bits per heavy atom. The Morgan fingerprint density at radius 2 is 1.67 bits per heavy atom. The quantitative estimate of drug-likeness (QED) is 0.545. The number of hydrogen-bond acceptors (Lipinski definition) is 0. The molecule has 0 saturated heterocycles. The molecule has 0 radical (unpaired) electrons. The van der Waals surface area contributed by atoms with E-state index in [1.807, 2.05) is 0 Å². The van der Waals surface area contributed by atoms with E-state index in [1.54, 1.807) is 5.20 Å². The summed E-state index contributed by atoms with van der Waals surface area (Å²) in [6, 6.07) is 0. The second-order valence-corrected chi connectivity index (χ2v) is 8.74. The summed E-state index contributed by atoms with van der Waals surface area (Å²) in [5, 5.41) is 1.78. The zero-order chi connectivity index (χ0) is 9.57. The first kappa shape index (κ1) is 10.0. The molecular weight excluding hydrogens is 160 g/mol. The van der Waals surface area contributed by atoms with Gasteiger partial charge in [0.2, 0.25) is 0 Å². The Kier molecular flexibility index (Phi) is 2.28. The zero-order valence-electron chi connectivity index (χ0n) is 9.36. The lowest BCUT2D eigenvalue weighted by Crippen LogP contribution is -2.21. The molecule has 1 aliphatic carbocycles. The summed E-state index contributed by atoms with van der Waals surface area (Å²) < 4.78 is 0. The van der Waals surface area contributed by atoms with Crippen LogP contribution in [0.3, 0.4) is 0 Å². The van der Waals surface area contributed by atoms with Gasteiger partial charge in [-0.2, -0.15) is 0 Å². The monoisotopic (exact) mass is 182 g/mol. The normalized spacial score (nSPS) is 26.1. The minimum atomic E-state index is -0.569. The van der Waals surface area contributed by atoms with Gasteiger partial charge in [-0.1, -0.05) is 52.1 Å². The van der Waals surface area contributed by atoms with Gasteiger partial charge in [-0.15, -0.1) is 0 Å². The Hall–Kier alpha value is -0.0431. The van der Waals surface area contributed by atoms with Gasteiger partial charge in [0.15, 0.2) is 0 Å². The molecule has 0 amide bonds. The molecule has 0 aromatic heterocycles. The van der Waals surface area contributed by atoms with Gasteiger partial charge in [0, 0.05) is 0 Å². The van der Waals surface area contributed by atoms with Crippen molar-refractivity contribution in [3.05, 3.63) is 11.3 Å². The minimum absolute atomic E-state index is 0.454. The van der Waals surface area contributed by atoms with Crippen molar-refractivity contribution in [1.82, 2.24) is 0 Å². The lowest BCUT2D eigenvalue weighted by Gasteiger charge is -2.27. The highest BCUT2D eigenvalue weighted by molar-refractivity contribution is 6.64. The second-order valence-electron chi connectivity index (χ2n) is 5.80. The van der Waals surface area contributed by atoms with E-state index in [2.05, 4.69) is 46.9 Å². The molecule has 0 aromatic rings. The van der Waals surface area contributed by atoms with Crippen molar-refractivity contribution in [2.75, 3.05) is 0 Å². The van der Waals surface area contributed by atoms with E-state index in [0.717, 1.165) is 0 Å². The molecule has 70 valence electrons.